The second kappa shape index (κ2) is 6.32. The van der Waals surface area contributed by atoms with E-state index < -0.39 is 0 Å². The molecule has 2 aromatic rings. The molecule has 0 bridgehead atoms. The molecule has 0 aliphatic carbocycles. The molecule has 22 heavy (non-hydrogen) atoms. The minimum absolute atomic E-state index is 0.00958. The predicted octanol–water partition coefficient (Wildman–Crippen LogP) is 1.53. The number of amides is 1. The van der Waals surface area contributed by atoms with E-state index in [1.54, 1.807) is 11.1 Å². The zero-order chi connectivity index (χ0) is 15.5. The van der Waals surface area contributed by atoms with Crippen molar-refractivity contribution < 1.29 is 9.90 Å². The molecule has 116 valence electrons. The van der Waals surface area contributed by atoms with Crippen LogP contribution in [-0.2, 0) is 24.3 Å². The van der Waals surface area contributed by atoms with Crippen molar-refractivity contribution in [3.05, 3.63) is 53.3 Å². The van der Waals surface area contributed by atoms with E-state index in [0.717, 1.165) is 29.8 Å². The Balaban J connectivity index is 1.81. The Morgan fingerprint density at radius 3 is 2.95 bits per heavy atom. The molecular formula is C17H21N3O2. The Morgan fingerprint density at radius 1 is 1.36 bits per heavy atom. The van der Waals surface area contributed by atoms with Gasteiger partial charge >= 0.3 is 0 Å². The lowest BCUT2D eigenvalue weighted by atomic mass is 10.0. The number of aromatic nitrogens is 2. The highest BCUT2D eigenvalue weighted by atomic mass is 16.3. The summed E-state index contributed by atoms with van der Waals surface area (Å²) in [5, 5.41) is 13.9. The SMILES string of the molecule is Cc1ccccc1CC(=O)N1Cc2ccnn2CC[C@H]1CO. The van der Waals surface area contributed by atoms with Gasteiger partial charge in [0, 0.05) is 12.7 Å². The summed E-state index contributed by atoms with van der Waals surface area (Å²) in [6, 6.07) is 9.74. The summed E-state index contributed by atoms with van der Waals surface area (Å²) in [5.74, 6) is 0.0583. The van der Waals surface area contributed by atoms with E-state index in [1.807, 2.05) is 41.9 Å². The number of nitrogens with zero attached hydrogens (tertiary/aromatic N) is 3. The zero-order valence-electron chi connectivity index (χ0n) is 12.8. The Kier molecular flexibility index (Phi) is 4.24. The summed E-state index contributed by atoms with van der Waals surface area (Å²) in [6.07, 6.45) is 2.86. The molecule has 0 radical (unpaired) electrons. The number of benzene rings is 1. The van der Waals surface area contributed by atoms with Gasteiger partial charge in [0.25, 0.3) is 0 Å². The second-order valence-electron chi connectivity index (χ2n) is 5.80. The zero-order valence-corrected chi connectivity index (χ0v) is 12.8. The molecule has 5 nitrogen and oxygen atoms in total. The van der Waals surface area contributed by atoms with Gasteiger partial charge in [0.1, 0.15) is 0 Å². The fourth-order valence-electron chi connectivity index (χ4n) is 2.98. The summed E-state index contributed by atoms with van der Waals surface area (Å²) < 4.78 is 1.92. The average Bonchev–Trinajstić information content (AvgIpc) is 2.88. The van der Waals surface area contributed by atoms with E-state index in [4.69, 9.17) is 0 Å². The molecule has 1 aliphatic heterocycles. The third-order valence-electron chi connectivity index (χ3n) is 4.39. The van der Waals surface area contributed by atoms with Crippen molar-refractivity contribution in [3.8, 4) is 0 Å². The summed E-state index contributed by atoms with van der Waals surface area (Å²) in [7, 11) is 0. The van der Waals surface area contributed by atoms with Crippen LogP contribution in [0.1, 0.15) is 23.2 Å². The van der Waals surface area contributed by atoms with Crippen molar-refractivity contribution >= 4 is 5.91 Å². The summed E-state index contributed by atoms with van der Waals surface area (Å²) >= 11 is 0. The lowest BCUT2D eigenvalue weighted by Gasteiger charge is -2.28. The molecule has 0 fully saturated rings. The van der Waals surface area contributed by atoms with Gasteiger partial charge in [-0.2, -0.15) is 5.10 Å². The summed E-state index contributed by atoms with van der Waals surface area (Å²) in [6.45, 7) is 3.26. The highest BCUT2D eigenvalue weighted by Gasteiger charge is 2.27. The number of hydrogen-bond donors (Lipinski definition) is 1. The van der Waals surface area contributed by atoms with Crippen molar-refractivity contribution in [2.75, 3.05) is 6.61 Å². The standard InChI is InChI=1S/C17H21N3O2/c1-13-4-2-3-5-14(13)10-17(22)19-11-15-6-8-18-20(15)9-7-16(19)12-21/h2-6,8,16,21H,7,9-12H2,1H3/t16-/m0/s1. The molecule has 1 N–H and O–H groups in total. The first kappa shape index (κ1) is 14.8. The number of fused-ring (bicyclic) bond motifs is 1. The van der Waals surface area contributed by atoms with Crippen LogP contribution < -0.4 is 0 Å². The number of rotatable bonds is 3. The maximum atomic E-state index is 12.8. The van der Waals surface area contributed by atoms with Crippen LogP contribution in [0.15, 0.2) is 36.5 Å². The number of carbonyl (C=O) groups excluding carboxylic acids is 1. The van der Waals surface area contributed by atoms with Crippen molar-refractivity contribution in [1.82, 2.24) is 14.7 Å². The molecule has 1 aromatic carbocycles. The molecule has 0 saturated heterocycles. The van der Waals surface area contributed by atoms with Crippen molar-refractivity contribution in [2.24, 2.45) is 0 Å². The van der Waals surface area contributed by atoms with Gasteiger partial charge in [-0.3, -0.25) is 9.48 Å². The average molecular weight is 299 g/mol. The Hall–Kier alpha value is -2.14. The minimum Gasteiger partial charge on any atom is -0.394 e. The number of carbonyl (C=O) groups is 1. The molecule has 2 heterocycles. The maximum Gasteiger partial charge on any atom is 0.227 e. The first-order valence-electron chi connectivity index (χ1n) is 7.64. The van der Waals surface area contributed by atoms with Crippen LogP contribution in [0.25, 0.3) is 0 Å². The third-order valence-corrected chi connectivity index (χ3v) is 4.39. The molecular weight excluding hydrogens is 278 g/mol. The number of aliphatic hydroxyl groups is 1. The van der Waals surface area contributed by atoms with Gasteiger partial charge in [0.2, 0.25) is 5.91 Å². The highest BCUT2D eigenvalue weighted by molar-refractivity contribution is 5.79. The van der Waals surface area contributed by atoms with E-state index in [-0.39, 0.29) is 18.6 Å². The molecule has 1 aromatic heterocycles. The van der Waals surface area contributed by atoms with Crippen LogP contribution in [0.5, 0.6) is 0 Å². The molecule has 5 heteroatoms. The molecule has 3 rings (SSSR count). The third kappa shape index (κ3) is 2.90. The van der Waals surface area contributed by atoms with Gasteiger partial charge in [-0.15, -0.1) is 0 Å². The second-order valence-corrected chi connectivity index (χ2v) is 5.80. The number of aliphatic hydroxyl groups excluding tert-OH is 1. The summed E-state index contributed by atoms with van der Waals surface area (Å²) in [4.78, 5) is 14.6. The molecule has 0 saturated carbocycles. The minimum atomic E-state index is -0.141. The smallest absolute Gasteiger partial charge is 0.227 e. The van der Waals surface area contributed by atoms with E-state index in [0.29, 0.717) is 13.0 Å². The molecule has 0 unspecified atom stereocenters. The van der Waals surface area contributed by atoms with Gasteiger partial charge in [-0.05, 0) is 30.5 Å². The first-order valence-corrected chi connectivity index (χ1v) is 7.64. The van der Waals surface area contributed by atoms with E-state index in [9.17, 15) is 9.90 Å². The topological polar surface area (TPSA) is 58.4 Å². The number of aryl methyl sites for hydroxylation is 2. The van der Waals surface area contributed by atoms with Gasteiger partial charge in [0.05, 0.1) is 31.3 Å². The molecule has 1 amide bonds. The van der Waals surface area contributed by atoms with Gasteiger partial charge < -0.3 is 10.0 Å². The Labute approximate surface area is 130 Å². The molecule has 1 aliphatic rings. The normalized spacial score (nSPS) is 17.9. The quantitative estimate of drug-likeness (QED) is 0.935. The van der Waals surface area contributed by atoms with Gasteiger partial charge in [-0.1, -0.05) is 24.3 Å². The number of hydrogen-bond acceptors (Lipinski definition) is 3. The molecule has 0 spiro atoms. The lowest BCUT2D eigenvalue weighted by molar-refractivity contribution is -0.134. The van der Waals surface area contributed by atoms with Crippen LogP contribution in [-0.4, -0.2) is 38.3 Å². The highest BCUT2D eigenvalue weighted by Crippen LogP contribution is 2.19. The summed E-state index contributed by atoms with van der Waals surface area (Å²) in [5.41, 5.74) is 3.19. The van der Waals surface area contributed by atoms with Crippen LogP contribution in [0.2, 0.25) is 0 Å². The van der Waals surface area contributed by atoms with E-state index >= 15 is 0 Å². The molecule has 1 atom stereocenters. The lowest BCUT2D eigenvalue weighted by Crippen LogP contribution is -2.42. The largest absolute Gasteiger partial charge is 0.394 e. The first-order chi connectivity index (χ1) is 10.7. The maximum absolute atomic E-state index is 12.8. The van der Waals surface area contributed by atoms with Crippen LogP contribution in [0, 0.1) is 6.92 Å². The fourth-order valence-corrected chi connectivity index (χ4v) is 2.98. The van der Waals surface area contributed by atoms with Crippen LogP contribution in [0.3, 0.4) is 0 Å². The van der Waals surface area contributed by atoms with Crippen LogP contribution >= 0.6 is 0 Å². The van der Waals surface area contributed by atoms with Crippen molar-refractivity contribution in [2.45, 2.75) is 38.9 Å². The van der Waals surface area contributed by atoms with Gasteiger partial charge in [-0.25, -0.2) is 0 Å². The predicted molar refractivity (Wildman–Crippen MR) is 83.2 cm³/mol. The van der Waals surface area contributed by atoms with E-state index in [1.165, 1.54) is 0 Å². The van der Waals surface area contributed by atoms with Crippen molar-refractivity contribution in [3.63, 3.8) is 0 Å². The van der Waals surface area contributed by atoms with Gasteiger partial charge in [0.15, 0.2) is 0 Å². The monoisotopic (exact) mass is 299 g/mol. The Bertz CT molecular complexity index is 665. The van der Waals surface area contributed by atoms with Crippen molar-refractivity contribution in [1.29, 1.82) is 0 Å². The van der Waals surface area contributed by atoms with Crippen LogP contribution in [0.4, 0.5) is 0 Å². The fraction of sp³-hybridized carbons (Fsp3) is 0.412. The van der Waals surface area contributed by atoms with E-state index in [2.05, 4.69) is 5.10 Å². The Morgan fingerprint density at radius 2 is 2.18 bits per heavy atom.